The molecule has 4 heterocycles. The number of rotatable bonds is 4. The summed E-state index contributed by atoms with van der Waals surface area (Å²) < 4.78 is 1.72. The van der Waals surface area contributed by atoms with Crippen LogP contribution in [0.1, 0.15) is 18.4 Å². The van der Waals surface area contributed by atoms with E-state index in [2.05, 4.69) is 31.3 Å². The monoisotopic (exact) mass is 374 g/mol. The Morgan fingerprint density at radius 2 is 2.18 bits per heavy atom. The van der Waals surface area contributed by atoms with E-state index < -0.39 is 0 Å². The maximum Gasteiger partial charge on any atom is 0.240 e. The van der Waals surface area contributed by atoms with Gasteiger partial charge in [0.25, 0.3) is 0 Å². The van der Waals surface area contributed by atoms with Crippen molar-refractivity contribution in [3.8, 4) is 0 Å². The zero-order valence-corrected chi connectivity index (χ0v) is 15.1. The first kappa shape index (κ1) is 16.5. The summed E-state index contributed by atoms with van der Waals surface area (Å²) in [6.07, 6.45) is 5.04. The molecular formula is C19H18N8O. The van der Waals surface area contributed by atoms with Gasteiger partial charge in [-0.05, 0) is 36.6 Å². The summed E-state index contributed by atoms with van der Waals surface area (Å²) in [5.41, 5.74) is 8.60. The van der Waals surface area contributed by atoms with Crippen LogP contribution in [0.15, 0.2) is 42.7 Å². The lowest BCUT2D eigenvalue weighted by Gasteiger charge is -2.22. The number of hydrogen-bond acceptors (Lipinski definition) is 7. The number of amides is 1. The van der Waals surface area contributed by atoms with E-state index in [9.17, 15) is 4.79 Å². The second-order valence-electron chi connectivity index (χ2n) is 6.91. The van der Waals surface area contributed by atoms with Crippen LogP contribution < -0.4 is 10.6 Å². The minimum absolute atomic E-state index is 0.337. The first-order valence-corrected chi connectivity index (χ1v) is 9.15. The number of nitrogens with zero attached hydrogens (tertiary/aromatic N) is 7. The molecule has 9 nitrogen and oxygen atoms in total. The van der Waals surface area contributed by atoms with Crippen LogP contribution in [0.25, 0.3) is 22.2 Å². The number of hydrogen-bond donors (Lipinski definition) is 1. The van der Waals surface area contributed by atoms with Crippen LogP contribution in [-0.4, -0.2) is 48.4 Å². The van der Waals surface area contributed by atoms with Crippen LogP contribution in [0.5, 0.6) is 0 Å². The number of anilines is 1. The molecule has 0 radical (unpaired) electrons. The molecule has 1 atom stereocenters. The Labute approximate surface area is 160 Å². The molecule has 1 fully saturated rings. The SMILES string of the molecule is NC(=O)[C@@H]1CCCN1c1cnc2nnn(Cc3ccc4ncccc4c3)c2n1. The lowest BCUT2D eigenvalue weighted by atomic mass is 10.1. The van der Waals surface area contributed by atoms with Crippen LogP contribution in [0.2, 0.25) is 0 Å². The van der Waals surface area contributed by atoms with E-state index in [4.69, 9.17) is 5.73 Å². The number of nitrogens with two attached hydrogens (primary N) is 1. The Morgan fingerprint density at radius 1 is 1.25 bits per heavy atom. The highest BCUT2D eigenvalue weighted by Gasteiger charge is 2.30. The van der Waals surface area contributed by atoms with Crippen molar-refractivity contribution in [2.24, 2.45) is 5.73 Å². The third-order valence-electron chi connectivity index (χ3n) is 5.09. The topological polar surface area (TPSA) is 116 Å². The van der Waals surface area contributed by atoms with Gasteiger partial charge in [0, 0.05) is 18.1 Å². The Morgan fingerprint density at radius 3 is 3.07 bits per heavy atom. The quantitative estimate of drug-likeness (QED) is 0.572. The van der Waals surface area contributed by atoms with Gasteiger partial charge in [0.2, 0.25) is 11.6 Å². The van der Waals surface area contributed by atoms with E-state index in [1.165, 1.54) is 0 Å². The molecule has 140 valence electrons. The third kappa shape index (κ3) is 2.81. The van der Waals surface area contributed by atoms with Gasteiger partial charge in [0.1, 0.15) is 6.04 Å². The molecule has 1 aliphatic rings. The van der Waals surface area contributed by atoms with E-state index in [0.29, 0.717) is 23.7 Å². The summed E-state index contributed by atoms with van der Waals surface area (Å²) in [5.74, 6) is 0.288. The predicted molar refractivity (Wildman–Crippen MR) is 104 cm³/mol. The maximum atomic E-state index is 11.7. The first-order valence-electron chi connectivity index (χ1n) is 9.15. The lowest BCUT2D eigenvalue weighted by molar-refractivity contribution is -0.119. The maximum absolute atomic E-state index is 11.7. The minimum atomic E-state index is -0.343. The van der Waals surface area contributed by atoms with Crippen molar-refractivity contribution in [2.75, 3.05) is 11.4 Å². The number of primary amides is 1. The minimum Gasteiger partial charge on any atom is -0.368 e. The van der Waals surface area contributed by atoms with E-state index in [1.54, 1.807) is 17.1 Å². The number of benzene rings is 1. The van der Waals surface area contributed by atoms with Crippen molar-refractivity contribution >= 4 is 33.9 Å². The van der Waals surface area contributed by atoms with Crippen LogP contribution in [0.4, 0.5) is 5.82 Å². The highest BCUT2D eigenvalue weighted by atomic mass is 16.1. The van der Waals surface area contributed by atoms with Gasteiger partial charge in [-0.3, -0.25) is 9.78 Å². The van der Waals surface area contributed by atoms with Gasteiger partial charge in [0.05, 0.1) is 18.3 Å². The molecule has 1 amide bonds. The molecule has 3 aromatic heterocycles. The Hall–Kier alpha value is -3.62. The van der Waals surface area contributed by atoms with Crippen molar-refractivity contribution < 1.29 is 4.79 Å². The molecule has 5 rings (SSSR count). The van der Waals surface area contributed by atoms with Crippen LogP contribution in [0, 0.1) is 0 Å². The number of pyridine rings is 1. The number of aromatic nitrogens is 6. The molecule has 4 aromatic rings. The Balaban J connectivity index is 1.50. The van der Waals surface area contributed by atoms with Gasteiger partial charge in [0.15, 0.2) is 11.5 Å². The highest BCUT2D eigenvalue weighted by molar-refractivity contribution is 5.84. The van der Waals surface area contributed by atoms with Crippen LogP contribution >= 0.6 is 0 Å². The summed E-state index contributed by atoms with van der Waals surface area (Å²) in [6.45, 7) is 1.24. The van der Waals surface area contributed by atoms with Gasteiger partial charge in [-0.15, -0.1) is 5.10 Å². The standard InChI is InChI=1S/C19H18N8O/c20-17(28)15-4-2-8-26(15)16-10-22-18-19(23-16)27(25-24-18)11-12-5-6-14-13(9-12)3-1-7-21-14/h1,3,5-7,9-10,15H,2,4,8,11H2,(H2,20,28)/t15-/m0/s1. The third-order valence-corrected chi connectivity index (χ3v) is 5.09. The molecule has 0 aliphatic carbocycles. The van der Waals surface area contributed by atoms with E-state index in [0.717, 1.165) is 35.9 Å². The van der Waals surface area contributed by atoms with Gasteiger partial charge in [-0.1, -0.05) is 17.3 Å². The van der Waals surface area contributed by atoms with Crippen LogP contribution in [0.3, 0.4) is 0 Å². The average molecular weight is 374 g/mol. The molecule has 1 aromatic carbocycles. The second kappa shape index (κ2) is 6.52. The number of carbonyl (C=O) groups is 1. The summed E-state index contributed by atoms with van der Waals surface area (Å²) >= 11 is 0. The molecule has 1 aliphatic heterocycles. The second-order valence-corrected chi connectivity index (χ2v) is 6.91. The summed E-state index contributed by atoms with van der Waals surface area (Å²) in [5, 5.41) is 9.39. The summed E-state index contributed by atoms with van der Waals surface area (Å²) in [6, 6.07) is 9.69. The molecule has 0 bridgehead atoms. The fourth-order valence-electron chi connectivity index (χ4n) is 3.72. The first-order chi connectivity index (χ1) is 13.7. The van der Waals surface area contributed by atoms with Gasteiger partial charge in [-0.2, -0.15) is 0 Å². The zero-order valence-electron chi connectivity index (χ0n) is 15.1. The number of carbonyl (C=O) groups excluding carboxylic acids is 1. The molecule has 9 heteroatoms. The summed E-state index contributed by atoms with van der Waals surface area (Å²) in [4.78, 5) is 27.0. The van der Waals surface area contributed by atoms with Gasteiger partial charge in [-0.25, -0.2) is 14.6 Å². The summed E-state index contributed by atoms with van der Waals surface area (Å²) in [7, 11) is 0. The van der Waals surface area contributed by atoms with Crippen molar-refractivity contribution in [3.05, 3.63) is 48.3 Å². The van der Waals surface area contributed by atoms with Crippen molar-refractivity contribution in [1.29, 1.82) is 0 Å². The predicted octanol–water partition coefficient (Wildman–Crippen LogP) is 1.27. The Kier molecular flexibility index (Phi) is 3.85. The molecule has 28 heavy (non-hydrogen) atoms. The van der Waals surface area contributed by atoms with E-state index in [1.807, 2.05) is 29.2 Å². The van der Waals surface area contributed by atoms with E-state index in [-0.39, 0.29) is 11.9 Å². The van der Waals surface area contributed by atoms with Crippen molar-refractivity contribution in [3.63, 3.8) is 0 Å². The highest BCUT2D eigenvalue weighted by Crippen LogP contribution is 2.24. The van der Waals surface area contributed by atoms with Crippen molar-refractivity contribution in [2.45, 2.75) is 25.4 Å². The molecule has 0 spiro atoms. The largest absolute Gasteiger partial charge is 0.368 e. The normalized spacial score (nSPS) is 16.9. The Bertz CT molecular complexity index is 1190. The fourth-order valence-corrected chi connectivity index (χ4v) is 3.72. The average Bonchev–Trinajstić information content (AvgIpc) is 3.35. The lowest BCUT2D eigenvalue weighted by Crippen LogP contribution is -2.40. The molecule has 1 saturated heterocycles. The molecule has 2 N–H and O–H groups in total. The van der Waals surface area contributed by atoms with Crippen molar-refractivity contribution in [1.82, 2.24) is 29.9 Å². The zero-order chi connectivity index (χ0) is 19.1. The van der Waals surface area contributed by atoms with Crippen LogP contribution in [-0.2, 0) is 11.3 Å². The molecule has 0 unspecified atom stereocenters. The molecule has 0 saturated carbocycles. The fraction of sp³-hybridized carbons (Fsp3) is 0.263. The van der Waals surface area contributed by atoms with Gasteiger partial charge < -0.3 is 10.6 Å². The smallest absolute Gasteiger partial charge is 0.240 e. The molecular weight excluding hydrogens is 356 g/mol. The number of fused-ring (bicyclic) bond motifs is 2. The van der Waals surface area contributed by atoms with Gasteiger partial charge >= 0.3 is 0 Å². The van der Waals surface area contributed by atoms with E-state index >= 15 is 0 Å².